The topological polar surface area (TPSA) is 102 Å². The Labute approximate surface area is 154 Å². The zero-order valence-electron chi connectivity index (χ0n) is 13.6. The molecular weight excluding hydrogens is 412 g/mol. The number of hydrazine groups is 1. The van der Waals surface area contributed by atoms with Gasteiger partial charge in [0.1, 0.15) is 5.75 Å². The summed E-state index contributed by atoms with van der Waals surface area (Å²) in [5.74, 6) is -0.355. The predicted octanol–water partition coefficient (Wildman–Crippen LogP) is 1.44. The van der Waals surface area contributed by atoms with Crippen molar-refractivity contribution >= 4 is 43.7 Å². The van der Waals surface area contributed by atoms with Crippen molar-refractivity contribution in [2.75, 3.05) is 18.6 Å². The molecule has 2 rings (SSSR count). The van der Waals surface area contributed by atoms with Crippen LogP contribution in [0.4, 0.5) is 0 Å². The molecule has 0 aromatic heterocycles. The lowest BCUT2D eigenvalue weighted by Crippen LogP contribution is -2.41. The number of amides is 2. The lowest BCUT2D eigenvalue weighted by Gasteiger charge is -2.09. The van der Waals surface area contributed by atoms with E-state index in [0.29, 0.717) is 17.7 Å². The van der Waals surface area contributed by atoms with Gasteiger partial charge >= 0.3 is 0 Å². The summed E-state index contributed by atoms with van der Waals surface area (Å²) in [4.78, 5) is 23.5. The number of benzene rings is 1. The zero-order valence-corrected chi connectivity index (χ0v) is 16.0. The number of carbonyl (C=O) groups excluding carboxylic acids is 2. The Morgan fingerprint density at radius 1 is 1.36 bits per heavy atom. The van der Waals surface area contributed by atoms with Gasteiger partial charge in [-0.25, -0.2) is 8.42 Å². The summed E-state index contributed by atoms with van der Waals surface area (Å²) in [7, 11) is -1.48. The molecule has 0 radical (unpaired) electrons. The van der Waals surface area contributed by atoms with Crippen molar-refractivity contribution in [2.45, 2.75) is 12.8 Å². The van der Waals surface area contributed by atoms with Gasteiger partial charge in [-0.05, 0) is 36.6 Å². The standard InChI is InChI=1S/C16H19BrN2O5S/c1-24-14-4-3-13(17)9-12(14)2-5-15(20)18-19-16(21)8-11-6-7-25(22,23)10-11/h2-5,9,11H,6-8,10H2,1H3,(H,18,20)(H,19,21)/b5-2+. The first kappa shape index (κ1) is 19.5. The van der Waals surface area contributed by atoms with Crippen LogP contribution in [0.2, 0.25) is 0 Å². The van der Waals surface area contributed by atoms with E-state index in [1.807, 2.05) is 6.07 Å². The van der Waals surface area contributed by atoms with Crippen LogP contribution in [0.15, 0.2) is 28.7 Å². The van der Waals surface area contributed by atoms with E-state index in [-0.39, 0.29) is 23.8 Å². The van der Waals surface area contributed by atoms with Crippen molar-refractivity contribution < 1.29 is 22.7 Å². The molecule has 25 heavy (non-hydrogen) atoms. The minimum atomic E-state index is -3.02. The van der Waals surface area contributed by atoms with Gasteiger partial charge < -0.3 is 4.74 Å². The summed E-state index contributed by atoms with van der Waals surface area (Å²) >= 11 is 3.34. The van der Waals surface area contributed by atoms with Crippen LogP contribution in [0.3, 0.4) is 0 Å². The number of methoxy groups -OCH3 is 1. The smallest absolute Gasteiger partial charge is 0.262 e. The fourth-order valence-corrected chi connectivity index (χ4v) is 4.76. The molecular formula is C16H19BrN2O5S. The predicted molar refractivity (Wildman–Crippen MR) is 97.4 cm³/mol. The average Bonchev–Trinajstić information content (AvgIpc) is 2.89. The largest absolute Gasteiger partial charge is 0.496 e. The molecule has 1 aliphatic rings. The molecule has 9 heteroatoms. The van der Waals surface area contributed by atoms with Crippen molar-refractivity contribution in [3.05, 3.63) is 34.3 Å². The summed E-state index contributed by atoms with van der Waals surface area (Å²) in [5, 5.41) is 0. The Bertz CT molecular complexity index is 792. The van der Waals surface area contributed by atoms with Gasteiger partial charge in [0.25, 0.3) is 5.91 Å². The van der Waals surface area contributed by atoms with E-state index in [2.05, 4.69) is 26.8 Å². The number of carbonyl (C=O) groups is 2. The van der Waals surface area contributed by atoms with Crippen molar-refractivity contribution in [3.63, 3.8) is 0 Å². The normalized spacial score (nSPS) is 18.9. The van der Waals surface area contributed by atoms with Crippen LogP contribution in [0.1, 0.15) is 18.4 Å². The third kappa shape index (κ3) is 6.17. The third-order valence-electron chi connectivity index (χ3n) is 3.73. The van der Waals surface area contributed by atoms with Crippen LogP contribution in [-0.2, 0) is 19.4 Å². The van der Waals surface area contributed by atoms with E-state index in [4.69, 9.17) is 4.74 Å². The first-order valence-electron chi connectivity index (χ1n) is 7.60. The van der Waals surface area contributed by atoms with E-state index in [1.54, 1.807) is 18.2 Å². The highest BCUT2D eigenvalue weighted by atomic mass is 79.9. The number of hydrogen-bond donors (Lipinski definition) is 2. The molecule has 136 valence electrons. The third-order valence-corrected chi connectivity index (χ3v) is 6.06. The molecule has 2 amide bonds. The second kappa shape index (κ2) is 8.48. The van der Waals surface area contributed by atoms with Gasteiger partial charge in [-0.3, -0.25) is 20.4 Å². The summed E-state index contributed by atoms with van der Waals surface area (Å²) in [6, 6.07) is 5.38. The minimum absolute atomic E-state index is 0.0248. The summed E-state index contributed by atoms with van der Waals surface area (Å²) in [6.07, 6.45) is 3.38. The number of rotatable bonds is 5. The molecule has 0 aliphatic carbocycles. The zero-order chi connectivity index (χ0) is 18.4. The quantitative estimate of drug-likeness (QED) is 0.543. The molecule has 2 N–H and O–H groups in total. The SMILES string of the molecule is COc1ccc(Br)cc1/C=C/C(=O)NNC(=O)CC1CCS(=O)(=O)C1. The van der Waals surface area contributed by atoms with Crippen LogP contribution in [0.5, 0.6) is 5.75 Å². The molecule has 1 fully saturated rings. The summed E-state index contributed by atoms with van der Waals surface area (Å²) in [6.45, 7) is 0. The number of sulfone groups is 1. The number of halogens is 1. The Morgan fingerprint density at radius 3 is 2.76 bits per heavy atom. The lowest BCUT2D eigenvalue weighted by molar-refractivity contribution is -0.127. The molecule has 0 spiro atoms. The van der Waals surface area contributed by atoms with Gasteiger partial charge in [-0.1, -0.05) is 15.9 Å². The van der Waals surface area contributed by atoms with E-state index in [1.165, 1.54) is 13.2 Å². The second-order valence-corrected chi connectivity index (χ2v) is 8.87. The fraction of sp³-hybridized carbons (Fsp3) is 0.375. The van der Waals surface area contributed by atoms with Crippen LogP contribution >= 0.6 is 15.9 Å². The maximum absolute atomic E-state index is 11.8. The lowest BCUT2D eigenvalue weighted by atomic mass is 10.1. The fourth-order valence-electron chi connectivity index (χ4n) is 2.52. The van der Waals surface area contributed by atoms with Crippen LogP contribution in [0.25, 0.3) is 6.08 Å². The van der Waals surface area contributed by atoms with E-state index < -0.39 is 21.7 Å². The van der Waals surface area contributed by atoms with E-state index in [0.717, 1.165) is 4.47 Å². The Morgan fingerprint density at radius 2 is 2.12 bits per heavy atom. The van der Waals surface area contributed by atoms with E-state index in [9.17, 15) is 18.0 Å². The first-order chi connectivity index (χ1) is 11.8. The van der Waals surface area contributed by atoms with Crippen LogP contribution in [-0.4, -0.2) is 38.8 Å². The second-order valence-electron chi connectivity index (χ2n) is 5.73. The first-order valence-corrected chi connectivity index (χ1v) is 10.2. The molecule has 0 bridgehead atoms. The monoisotopic (exact) mass is 430 g/mol. The molecule has 1 aliphatic heterocycles. The van der Waals surface area contributed by atoms with Gasteiger partial charge in [0.05, 0.1) is 18.6 Å². The highest BCUT2D eigenvalue weighted by molar-refractivity contribution is 9.10. The Kier molecular flexibility index (Phi) is 6.60. The number of nitrogens with one attached hydrogen (secondary N) is 2. The van der Waals surface area contributed by atoms with Gasteiger partial charge in [0.2, 0.25) is 5.91 Å². The maximum atomic E-state index is 11.8. The Hall–Kier alpha value is -1.87. The van der Waals surface area contributed by atoms with Crippen molar-refractivity contribution in [1.82, 2.24) is 10.9 Å². The molecule has 1 atom stereocenters. The molecule has 1 aromatic carbocycles. The summed E-state index contributed by atoms with van der Waals surface area (Å²) in [5.41, 5.74) is 5.26. The van der Waals surface area contributed by atoms with Crippen molar-refractivity contribution in [1.29, 1.82) is 0 Å². The minimum Gasteiger partial charge on any atom is -0.496 e. The van der Waals surface area contributed by atoms with Gasteiger partial charge in [-0.15, -0.1) is 0 Å². The van der Waals surface area contributed by atoms with Gasteiger partial charge in [-0.2, -0.15) is 0 Å². The van der Waals surface area contributed by atoms with Crippen molar-refractivity contribution in [2.24, 2.45) is 5.92 Å². The number of hydrogen-bond acceptors (Lipinski definition) is 5. The highest BCUT2D eigenvalue weighted by Gasteiger charge is 2.29. The summed E-state index contributed by atoms with van der Waals surface area (Å²) < 4.78 is 28.8. The van der Waals surface area contributed by atoms with Crippen LogP contribution in [0, 0.1) is 5.92 Å². The molecule has 1 aromatic rings. The molecule has 1 saturated heterocycles. The van der Waals surface area contributed by atoms with Gasteiger partial charge in [0, 0.05) is 22.5 Å². The molecule has 1 heterocycles. The number of ether oxygens (including phenoxy) is 1. The van der Waals surface area contributed by atoms with Gasteiger partial charge in [0.15, 0.2) is 9.84 Å². The maximum Gasteiger partial charge on any atom is 0.262 e. The molecule has 0 saturated carbocycles. The van der Waals surface area contributed by atoms with Crippen molar-refractivity contribution in [3.8, 4) is 5.75 Å². The molecule has 1 unspecified atom stereocenters. The Balaban J connectivity index is 1.82. The average molecular weight is 431 g/mol. The molecule has 7 nitrogen and oxygen atoms in total. The van der Waals surface area contributed by atoms with Crippen LogP contribution < -0.4 is 15.6 Å². The highest BCUT2D eigenvalue weighted by Crippen LogP contribution is 2.24. The van der Waals surface area contributed by atoms with E-state index >= 15 is 0 Å².